The fraction of sp³-hybridized carbons (Fsp3) is 0.267. The monoisotopic (exact) mass is 305 g/mol. The van der Waals surface area contributed by atoms with Crippen LogP contribution in [0.1, 0.15) is 16.7 Å². The van der Waals surface area contributed by atoms with Crippen molar-refractivity contribution in [1.82, 2.24) is 4.98 Å². The van der Waals surface area contributed by atoms with Crippen LogP contribution in [0.25, 0.3) is 0 Å². The molecule has 0 saturated heterocycles. The number of benzene rings is 1. The van der Waals surface area contributed by atoms with E-state index in [1.54, 1.807) is 44.3 Å². The van der Waals surface area contributed by atoms with E-state index in [1.165, 1.54) is 11.4 Å². The van der Waals surface area contributed by atoms with Gasteiger partial charge in [-0.1, -0.05) is 12.1 Å². The lowest BCUT2D eigenvalue weighted by molar-refractivity contribution is 0.592. The van der Waals surface area contributed by atoms with E-state index >= 15 is 0 Å². The van der Waals surface area contributed by atoms with Crippen molar-refractivity contribution in [1.29, 1.82) is 0 Å². The summed E-state index contributed by atoms with van der Waals surface area (Å²) in [6, 6.07) is 6.93. The van der Waals surface area contributed by atoms with Gasteiger partial charge in [-0.3, -0.25) is 4.31 Å². The Kier molecular flexibility index (Phi) is 3.91. The third-order valence-electron chi connectivity index (χ3n) is 3.55. The number of pyridine rings is 1. The number of hydrogen-bond acceptors (Lipinski definition) is 4. The molecule has 0 aliphatic carbocycles. The van der Waals surface area contributed by atoms with Gasteiger partial charge < -0.3 is 5.73 Å². The standard InChI is InChI=1S/C15H19N3O2S/c1-10-9-11(2)15(12(3)14(10)16)21(19,20)18(4)13-7-5-6-8-17-13/h5-9H,16H2,1-4H3. The number of aryl methyl sites for hydroxylation is 2. The zero-order valence-corrected chi connectivity index (χ0v) is 13.4. The van der Waals surface area contributed by atoms with Gasteiger partial charge in [0.05, 0.1) is 4.90 Å². The second-order valence-electron chi connectivity index (χ2n) is 5.04. The van der Waals surface area contributed by atoms with E-state index < -0.39 is 10.0 Å². The first-order valence-corrected chi connectivity index (χ1v) is 7.97. The SMILES string of the molecule is Cc1cc(C)c(S(=O)(=O)N(C)c2ccccn2)c(C)c1N. The zero-order valence-electron chi connectivity index (χ0n) is 12.6. The van der Waals surface area contributed by atoms with Crippen LogP contribution in [0.4, 0.5) is 11.5 Å². The number of anilines is 2. The molecule has 0 unspecified atom stereocenters. The largest absolute Gasteiger partial charge is 0.398 e. The van der Waals surface area contributed by atoms with Crippen molar-refractivity contribution in [3.8, 4) is 0 Å². The molecule has 0 aliphatic heterocycles. The smallest absolute Gasteiger partial charge is 0.265 e. The summed E-state index contributed by atoms with van der Waals surface area (Å²) in [6.07, 6.45) is 1.56. The average Bonchev–Trinajstić information content (AvgIpc) is 2.44. The van der Waals surface area contributed by atoms with Gasteiger partial charge in [0.25, 0.3) is 10.0 Å². The lowest BCUT2D eigenvalue weighted by Gasteiger charge is -2.22. The van der Waals surface area contributed by atoms with Gasteiger partial charge in [0.15, 0.2) is 0 Å². The van der Waals surface area contributed by atoms with E-state index in [-0.39, 0.29) is 4.90 Å². The number of nitrogens with zero attached hydrogens (tertiary/aromatic N) is 2. The zero-order chi connectivity index (χ0) is 15.8. The molecule has 0 bridgehead atoms. The van der Waals surface area contributed by atoms with Crippen molar-refractivity contribution in [2.75, 3.05) is 17.1 Å². The van der Waals surface area contributed by atoms with Crippen molar-refractivity contribution in [3.63, 3.8) is 0 Å². The van der Waals surface area contributed by atoms with E-state index in [0.29, 0.717) is 22.6 Å². The molecule has 0 spiro atoms. The molecular formula is C15H19N3O2S. The molecule has 6 heteroatoms. The lowest BCUT2D eigenvalue weighted by atomic mass is 10.1. The molecule has 1 aromatic heterocycles. The third-order valence-corrected chi connectivity index (χ3v) is 5.60. The number of nitrogen functional groups attached to an aromatic ring is 1. The fourth-order valence-corrected chi connectivity index (χ4v) is 3.97. The molecule has 2 aromatic rings. The van der Waals surface area contributed by atoms with Gasteiger partial charge in [0.1, 0.15) is 5.82 Å². The summed E-state index contributed by atoms with van der Waals surface area (Å²) in [7, 11) is -2.21. The van der Waals surface area contributed by atoms with Crippen LogP contribution in [0, 0.1) is 20.8 Å². The van der Waals surface area contributed by atoms with Crippen LogP contribution in [0.2, 0.25) is 0 Å². The number of sulfonamides is 1. The van der Waals surface area contributed by atoms with Gasteiger partial charge in [-0.05, 0) is 49.6 Å². The highest BCUT2D eigenvalue weighted by atomic mass is 32.2. The van der Waals surface area contributed by atoms with Crippen LogP contribution in [-0.4, -0.2) is 20.4 Å². The minimum Gasteiger partial charge on any atom is -0.398 e. The maximum atomic E-state index is 12.9. The molecule has 0 fully saturated rings. The van der Waals surface area contributed by atoms with Gasteiger partial charge in [-0.15, -0.1) is 0 Å². The van der Waals surface area contributed by atoms with Crippen LogP contribution in [0.15, 0.2) is 35.4 Å². The second kappa shape index (κ2) is 5.37. The Morgan fingerprint density at radius 2 is 1.81 bits per heavy atom. The summed E-state index contributed by atoms with van der Waals surface area (Å²) < 4.78 is 26.9. The molecule has 21 heavy (non-hydrogen) atoms. The highest BCUT2D eigenvalue weighted by molar-refractivity contribution is 7.92. The number of aromatic nitrogens is 1. The quantitative estimate of drug-likeness (QED) is 0.884. The summed E-state index contributed by atoms with van der Waals surface area (Å²) in [4.78, 5) is 4.33. The molecule has 2 N–H and O–H groups in total. The van der Waals surface area contributed by atoms with Crippen LogP contribution in [0.5, 0.6) is 0 Å². The van der Waals surface area contributed by atoms with Crippen molar-refractivity contribution in [3.05, 3.63) is 47.2 Å². The maximum absolute atomic E-state index is 12.9. The number of nitrogens with two attached hydrogens (primary N) is 1. The topological polar surface area (TPSA) is 76.3 Å². The molecule has 2 rings (SSSR count). The predicted molar refractivity (Wildman–Crippen MR) is 84.9 cm³/mol. The highest BCUT2D eigenvalue weighted by Gasteiger charge is 2.27. The van der Waals surface area contributed by atoms with Gasteiger partial charge >= 0.3 is 0 Å². The molecule has 0 aliphatic rings. The number of hydrogen-bond donors (Lipinski definition) is 1. The van der Waals surface area contributed by atoms with Gasteiger partial charge in [0.2, 0.25) is 0 Å². The summed E-state index contributed by atoms with van der Waals surface area (Å²) in [6.45, 7) is 5.38. The normalized spacial score (nSPS) is 11.4. The Hall–Kier alpha value is -2.08. The Morgan fingerprint density at radius 1 is 1.14 bits per heavy atom. The molecule has 1 aromatic carbocycles. The Bertz CT molecular complexity index is 771. The molecule has 5 nitrogen and oxygen atoms in total. The fourth-order valence-electron chi connectivity index (χ4n) is 2.38. The molecule has 0 saturated carbocycles. The van der Waals surface area contributed by atoms with E-state index in [4.69, 9.17) is 5.73 Å². The van der Waals surface area contributed by atoms with Crippen molar-refractivity contribution < 1.29 is 8.42 Å². The van der Waals surface area contributed by atoms with E-state index in [1.807, 2.05) is 6.92 Å². The van der Waals surface area contributed by atoms with Crippen LogP contribution < -0.4 is 10.0 Å². The first kappa shape index (κ1) is 15.3. The van der Waals surface area contributed by atoms with Crippen LogP contribution in [-0.2, 0) is 10.0 Å². The first-order chi connectivity index (χ1) is 9.76. The lowest BCUT2D eigenvalue weighted by Crippen LogP contribution is -2.29. The Labute approximate surface area is 125 Å². The van der Waals surface area contributed by atoms with Crippen LogP contribution in [0.3, 0.4) is 0 Å². The summed E-state index contributed by atoms with van der Waals surface area (Å²) >= 11 is 0. The van der Waals surface area contributed by atoms with E-state index in [0.717, 1.165) is 5.56 Å². The molecule has 0 radical (unpaired) electrons. The van der Waals surface area contributed by atoms with Crippen molar-refractivity contribution in [2.45, 2.75) is 25.7 Å². The number of rotatable bonds is 3. The molecule has 112 valence electrons. The average molecular weight is 305 g/mol. The molecule has 1 heterocycles. The Balaban J connectivity index is 2.63. The molecule has 0 atom stereocenters. The summed E-state index contributed by atoms with van der Waals surface area (Å²) in [5.74, 6) is 0.371. The summed E-state index contributed by atoms with van der Waals surface area (Å²) in [5.41, 5.74) is 8.64. The summed E-state index contributed by atoms with van der Waals surface area (Å²) in [5, 5.41) is 0. The Morgan fingerprint density at radius 3 is 2.38 bits per heavy atom. The minimum atomic E-state index is -3.70. The van der Waals surface area contributed by atoms with Gasteiger partial charge in [-0.2, -0.15) is 0 Å². The van der Waals surface area contributed by atoms with E-state index in [9.17, 15) is 8.42 Å². The second-order valence-corrected chi connectivity index (χ2v) is 6.94. The first-order valence-electron chi connectivity index (χ1n) is 6.53. The van der Waals surface area contributed by atoms with Crippen molar-refractivity contribution >= 4 is 21.5 Å². The van der Waals surface area contributed by atoms with Gasteiger partial charge in [-0.25, -0.2) is 13.4 Å². The molecular weight excluding hydrogens is 286 g/mol. The predicted octanol–water partition coefficient (Wildman–Crippen LogP) is 2.41. The highest BCUT2D eigenvalue weighted by Crippen LogP contribution is 2.31. The minimum absolute atomic E-state index is 0.249. The van der Waals surface area contributed by atoms with E-state index in [2.05, 4.69) is 4.98 Å². The van der Waals surface area contributed by atoms with Gasteiger partial charge in [0, 0.05) is 18.9 Å². The molecule has 0 amide bonds. The van der Waals surface area contributed by atoms with Crippen molar-refractivity contribution in [2.24, 2.45) is 0 Å². The maximum Gasteiger partial charge on any atom is 0.265 e. The van der Waals surface area contributed by atoms with Crippen LogP contribution >= 0.6 is 0 Å². The third kappa shape index (κ3) is 2.58.